The van der Waals surface area contributed by atoms with Crippen molar-refractivity contribution in [1.82, 2.24) is 0 Å². The average molecular weight is 198 g/mol. The van der Waals surface area contributed by atoms with Crippen molar-refractivity contribution in [3.8, 4) is 0 Å². The Bertz CT molecular complexity index is 454. The predicted molar refractivity (Wildman–Crippen MR) is 60.5 cm³/mol. The monoisotopic (exact) mass is 198 g/mol. The first kappa shape index (κ1) is 8.90. The lowest BCUT2D eigenvalue weighted by atomic mass is 9.98. The Morgan fingerprint density at radius 1 is 0.867 bits per heavy atom. The quantitative estimate of drug-likeness (QED) is 0.626. The first-order valence-corrected chi connectivity index (χ1v) is 5.70. The number of aryl methyl sites for hydroxylation is 1. The highest BCUT2D eigenvalue weighted by Crippen LogP contribution is 2.38. The van der Waals surface area contributed by atoms with Crippen LogP contribution < -0.4 is 0 Å². The van der Waals surface area contributed by atoms with Gasteiger partial charge in [0.25, 0.3) is 0 Å². The van der Waals surface area contributed by atoms with Crippen LogP contribution >= 0.6 is 0 Å². The summed E-state index contributed by atoms with van der Waals surface area (Å²) in [5.74, 6) is 0.388. The molecule has 2 aliphatic carbocycles. The zero-order valence-corrected chi connectivity index (χ0v) is 8.75. The normalized spacial score (nSPS) is 19.9. The van der Waals surface area contributed by atoms with Crippen LogP contribution in [0.1, 0.15) is 36.8 Å². The van der Waals surface area contributed by atoms with E-state index < -0.39 is 0 Å². The minimum absolute atomic E-state index is 0.388. The fraction of sp³-hybridized carbons (Fsp3) is 0.357. The van der Waals surface area contributed by atoms with Crippen LogP contribution in [0.5, 0.6) is 0 Å². The molecule has 0 fully saturated rings. The van der Waals surface area contributed by atoms with Gasteiger partial charge in [-0.05, 0) is 48.0 Å². The third-order valence-corrected chi connectivity index (χ3v) is 3.52. The molecule has 1 aromatic carbocycles. The molecule has 0 aromatic heterocycles. The number of ketones is 1. The van der Waals surface area contributed by atoms with Crippen molar-refractivity contribution in [2.45, 2.75) is 32.1 Å². The zero-order chi connectivity index (χ0) is 10.3. The topological polar surface area (TPSA) is 17.1 Å². The Morgan fingerprint density at radius 3 is 2.60 bits per heavy atom. The van der Waals surface area contributed by atoms with E-state index in [1.807, 2.05) is 0 Å². The molecule has 0 N–H and O–H groups in total. The molecule has 1 nitrogen and oxygen atoms in total. The van der Waals surface area contributed by atoms with Gasteiger partial charge >= 0.3 is 0 Å². The molecule has 1 aromatic rings. The van der Waals surface area contributed by atoms with Gasteiger partial charge in [-0.25, -0.2) is 0 Å². The summed E-state index contributed by atoms with van der Waals surface area (Å²) >= 11 is 0. The number of hydrogen-bond acceptors (Lipinski definition) is 1. The molecule has 0 atom stereocenters. The molecule has 0 amide bonds. The predicted octanol–water partition coefficient (Wildman–Crippen LogP) is 3.14. The maximum Gasteiger partial charge on any atom is 0.159 e. The highest BCUT2D eigenvalue weighted by atomic mass is 16.1. The highest BCUT2D eigenvalue weighted by Gasteiger charge is 2.25. The second kappa shape index (κ2) is 3.34. The van der Waals surface area contributed by atoms with Crippen LogP contribution in [0.3, 0.4) is 0 Å². The van der Waals surface area contributed by atoms with Gasteiger partial charge in [0, 0.05) is 6.42 Å². The van der Waals surface area contributed by atoms with Crippen molar-refractivity contribution in [3.05, 3.63) is 41.0 Å². The van der Waals surface area contributed by atoms with Crippen molar-refractivity contribution in [2.75, 3.05) is 0 Å². The van der Waals surface area contributed by atoms with Crippen LogP contribution in [0.4, 0.5) is 0 Å². The van der Waals surface area contributed by atoms with Crippen LogP contribution in [-0.4, -0.2) is 5.78 Å². The molecule has 2 aliphatic rings. The Balaban J connectivity index is 2.21. The lowest BCUT2D eigenvalue weighted by molar-refractivity contribution is -0.115. The summed E-state index contributed by atoms with van der Waals surface area (Å²) in [5.41, 5.74) is 5.17. The van der Waals surface area contributed by atoms with E-state index in [1.54, 1.807) is 0 Å². The molecule has 0 aliphatic heterocycles. The fourth-order valence-corrected chi connectivity index (χ4v) is 2.78. The summed E-state index contributed by atoms with van der Waals surface area (Å²) in [4.78, 5) is 11.9. The molecule has 0 bridgehead atoms. The molecule has 0 spiro atoms. The van der Waals surface area contributed by atoms with E-state index in [2.05, 4.69) is 24.3 Å². The number of carbonyl (C=O) groups excluding carboxylic acids is 1. The van der Waals surface area contributed by atoms with E-state index in [9.17, 15) is 4.79 Å². The highest BCUT2D eigenvalue weighted by molar-refractivity contribution is 6.04. The maximum absolute atomic E-state index is 11.9. The van der Waals surface area contributed by atoms with Crippen molar-refractivity contribution in [3.63, 3.8) is 0 Å². The summed E-state index contributed by atoms with van der Waals surface area (Å²) in [6, 6.07) is 8.49. The average Bonchev–Trinajstić information content (AvgIpc) is 2.71. The molecular weight excluding hydrogens is 184 g/mol. The van der Waals surface area contributed by atoms with Crippen LogP contribution in [0.25, 0.3) is 5.57 Å². The number of Topliss-reactive ketones (excluding diaryl/α,β-unsaturated/α-hetero) is 1. The summed E-state index contributed by atoms with van der Waals surface area (Å²) in [6.45, 7) is 0. The van der Waals surface area contributed by atoms with Crippen molar-refractivity contribution in [2.24, 2.45) is 0 Å². The number of allylic oxidation sites excluding steroid dienone is 2. The van der Waals surface area contributed by atoms with E-state index in [0.717, 1.165) is 31.3 Å². The smallest absolute Gasteiger partial charge is 0.159 e. The summed E-state index contributed by atoms with van der Waals surface area (Å²) in [6.07, 6.45) is 4.88. The van der Waals surface area contributed by atoms with E-state index in [1.165, 1.54) is 16.7 Å². The van der Waals surface area contributed by atoms with Gasteiger partial charge in [-0.1, -0.05) is 24.3 Å². The molecule has 76 valence electrons. The standard InChI is InChI=1S/C14H14O/c15-14-9-8-10-4-1-2-5-11(10)12-6-3-7-13(12)14/h1-2,4-5H,3,6-9H2. The van der Waals surface area contributed by atoms with Crippen LogP contribution in [0, 0.1) is 0 Å². The Hall–Kier alpha value is -1.37. The van der Waals surface area contributed by atoms with Crippen molar-refractivity contribution < 1.29 is 4.79 Å². The Labute approximate surface area is 89.8 Å². The molecule has 3 rings (SSSR count). The Kier molecular flexibility index (Phi) is 1.98. The third kappa shape index (κ3) is 1.34. The molecule has 0 saturated heterocycles. The fourth-order valence-electron chi connectivity index (χ4n) is 2.78. The first-order chi connectivity index (χ1) is 7.36. The van der Waals surface area contributed by atoms with Crippen molar-refractivity contribution >= 4 is 11.4 Å². The van der Waals surface area contributed by atoms with Crippen LogP contribution in [-0.2, 0) is 11.2 Å². The Morgan fingerprint density at radius 2 is 1.67 bits per heavy atom. The van der Waals surface area contributed by atoms with Gasteiger partial charge in [0.2, 0.25) is 0 Å². The number of carbonyl (C=O) groups is 1. The second-order valence-electron chi connectivity index (χ2n) is 4.39. The lowest BCUT2D eigenvalue weighted by Crippen LogP contribution is -2.00. The second-order valence-corrected chi connectivity index (χ2v) is 4.39. The van der Waals surface area contributed by atoms with Crippen LogP contribution in [0.15, 0.2) is 29.8 Å². The van der Waals surface area contributed by atoms with Gasteiger partial charge in [-0.3, -0.25) is 4.79 Å². The minimum Gasteiger partial charge on any atom is -0.295 e. The first-order valence-electron chi connectivity index (χ1n) is 5.70. The molecule has 0 saturated carbocycles. The molecule has 0 radical (unpaired) electrons. The zero-order valence-electron chi connectivity index (χ0n) is 8.75. The van der Waals surface area contributed by atoms with Gasteiger partial charge in [-0.2, -0.15) is 0 Å². The van der Waals surface area contributed by atoms with Gasteiger partial charge in [0.15, 0.2) is 5.78 Å². The molecule has 0 unspecified atom stereocenters. The number of hydrogen-bond donors (Lipinski definition) is 0. The maximum atomic E-state index is 11.9. The molecule has 15 heavy (non-hydrogen) atoms. The van der Waals surface area contributed by atoms with Crippen molar-refractivity contribution in [1.29, 1.82) is 0 Å². The molecule has 1 heteroatoms. The lowest BCUT2D eigenvalue weighted by Gasteiger charge is -2.07. The largest absolute Gasteiger partial charge is 0.295 e. The summed E-state index contributed by atoms with van der Waals surface area (Å²) < 4.78 is 0. The van der Waals surface area contributed by atoms with Gasteiger partial charge < -0.3 is 0 Å². The SMILES string of the molecule is O=C1CCc2ccccc2C2=C1CCC2. The van der Waals surface area contributed by atoms with E-state index in [0.29, 0.717) is 12.2 Å². The van der Waals surface area contributed by atoms with Gasteiger partial charge in [0.05, 0.1) is 0 Å². The molecule has 0 heterocycles. The number of benzene rings is 1. The van der Waals surface area contributed by atoms with Gasteiger partial charge in [-0.15, -0.1) is 0 Å². The van der Waals surface area contributed by atoms with Crippen LogP contribution in [0.2, 0.25) is 0 Å². The summed E-state index contributed by atoms with van der Waals surface area (Å²) in [7, 11) is 0. The van der Waals surface area contributed by atoms with E-state index >= 15 is 0 Å². The van der Waals surface area contributed by atoms with Gasteiger partial charge in [0.1, 0.15) is 0 Å². The van der Waals surface area contributed by atoms with E-state index in [4.69, 9.17) is 0 Å². The third-order valence-electron chi connectivity index (χ3n) is 3.52. The number of rotatable bonds is 0. The number of fused-ring (bicyclic) bond motifs is 2. The molecular formula is C14H14O. The van der Waals surface area contributed by atoms with E-state index in [-0.39, 0.29) is 0 Å². The minimum atomic E-state index is 0.388. The summed E-state index contributed by atoms with van der Waals surface area (Å²) in [5, 5.41) is 0.